The highest BCUT2D eigenvalue weighted by Gasteiger charge is 2.08. The Morgan fingerprint density at radius 1 is 1.24 bits per heavy atom. The van der Waals surface area contributed by atoms with Gasteiger partial charge in [0.25, 0.3) is 0 Å². The molecule has 1 aromatic heterocycles. The zero-order valence-corrected chi connectivity index (χ0v) is 15.0. The van der Waals surface area contributed by atoms with Crippen LogP contribution in [-0.2, 0) is 27.8 Å². The van der Waals surface area contributed by atoms with E-state index in [1.54, 1.807) is 18.4 Å². The first kappa shape index (κ1) is 19.2. The van der Waals surface area contributed by atoms with Gasteiger partial charge in [0.1, 0.15) is 5.76 Å². The van der Waals surface area contributed by atoms with Gasteiger partial charge in [-0.1, -0.05) is 12.1 Å². The average Bonchev–Trinajstić information content (AvgIpc) is 3.05. The van der Waals surface area contributed by atoms with E-state index < -0.39 is 10.0 Å². The first-order valence-corrected chi connectivity index (χ1v) is 9.48. The fraction of sp³-hybridized carbons (Fsp3) is 0.353. The highest BCUT2D eigenvalue weighted by molar-refractivity contribution is 7.89. The molecule has 0 fully saturated rings. The van der Waals surface area contributed by atoms with Gasteiger partial charge in [-0.25, -0.2) is 13.6 Å². The molecule has 1 aromatic carbocycles. The molecule has 2 aromatic rings. The minimum Gasteiger partial charge on any atom is -0.468 e. The van der Waals surface area contributed by atoms with Crippen LogP contribution in [0.5, 0.6) is 0 Å². The molecule has 0 aliphatic carbocycles. The lowest BCUT2D eigenvalue weighted by Gasteiger charge is -2.14. The van der Waals surface area contributed by atoms with E-state index in [0.717, 1.165) is 11.3 Å². The SMILES string of the molecule is CN(CCC(=O)NCCc1ccc(S(N)(=O)=O)cc1)Cc1ccco1. The van der Waals surface area contributed by atoms with Gasteiger partial charge in [-0.2, -0.15) is 0 Å². The zero-order valence-electron chi connectivity index (χ0n) is 14.1. The fourth-order valence-corrected chi connectivity index (χ4v) is 2.84. The van der Waals surface area contributed by atoms with Crippen molar-refractivity contribution in [3.63, 3.8) is 0 Å². The summed E-state index contributed by atoms with van der Waals surface area (Å²) < 4.78 is 27.6. The quantitative estimate of drug-likeness (QED) is 0.692. The van der Waals surface area contributed by atoms with Gasteiger partial charge in [0, 0.05) is 19.5 Å². The van der Waals surface area contributed by atoms with Crippen LogP contribution in [0.25, 0.3) is 0 Å². The molecule has 1 heterocycles. The van der Waals surface area contributed by atoms with Crippen molar-refractivity contribution in [3.8, 4) is 0 Å². The van der Waals surface area contributed by atoms with Crippen LogP contribution < -0.4 is 10.5 Å². The number of nitrogens with zero attached hydrogens (tertiary/aromatic N) is 1. The van der Waals surface area contributed by atoms with Gasteiger partial charge in [0.15, 0.2) is 0 Å². The summed E-state index contributed by atoms with van der Waals surface area (Å²) in [7, 11) is -1.74. The fourth-order valence-electron chi connectivity index (χ4n) is 2.32. The summed E-state index contributed by atoms with van der Waals surface area (Å²) in [4.78, 5) is 14.0. The smallest absolute Gasteiger partial charge is 0.238 e. The van der Waals surface area contributed by atoms with Crippen molar-refractivity contribution in [2.75, 3.05) is 20.1 Å². The van der Waals surface area contributed by atoms with Gasteiger partial charge in [-0.3, -0.25) is 9.69 Å². The number of carbonyl (C=O) groups is 1. The third-order valence-electron chi connectivity index (χ3n) is 3.71. The van der Waals surface area contributed by atoms with E-state index in [9.17, 15) is 13.2 Å². The van der Waals surface area contributed by atoms with Crippen LogP contribution in [0.2, 0.25) is 0 Å². The summed E-state index contributed by atoms with van der Waals surface area (Å²) in [5, 5.41) is 7.91. The van der Waals surface area contributed by atoms with Crippen LogP contribution in [0.1, 0.15) is 17.7 Å². The minimum absolute atomic E-state index is 0.0209. The molecule has 0 spiro atoms. The van der Waals surface area contributed by atoms with Gasteiger partial charge >= 0.3 is 0 Å². The average molecular weight is 365 g/mol. The van der Waals surface area contributed by atoms with Crippen LogP contribution >= 0.6 is 0 Å². The normalized spacial score (nSPS) is 11.6. The Bertz CT molecular complexity index is 771. The number of hydrogen-bond acceptors (Lipinski definition) is 5. The summed E-state index contributed by atoms with van der Waals surface area (Å²) in [5.41, 5.74) is 0.933. The molecule has 0 atom stereocenters. The van der Waals surface area contributed by atoms with Gasteiger partial charge in [-0.15, -0.1) is 0 Å². The number of nitrogens with two attached hydrogens (primary N) is 1. The third kappa shape index (κ3) is 6.69. The predicted molar refractivity (Wildman–Crippen MR) is 94.2 cm³/mol. The summed E-state index contributed by atoms with van der Waals surface area (Å²) in [6, 6.07) is 10.1. The second-order valence-corrected chi connectivity index (χ2v) is 7.42. The van der Waals surface area contributed by atoms with Crippen LogP contribution in [-0.4, -0.2) is 39.4 Å². The molecule has 7 nitrogen and oxygen atoms in total. The van der Waals surface area contributed by atoms with Gasteiger partial charge in [0.2, 0.25) is 15.9 Å². The molecule has 0 aliphatic rings. The minimum atomic E-state index is -3.67. The molecule has 0 bridgehead atoms. The Kier molecular flexibility index (Phi) is 6.74. The molecular formula is C17H23N3O4S. The molecule has 0 saturated heterocycles. The van der Waals surface area contributed by atoms with Crippen molar-refractivity contribution in [2.24, 2.45) is 5.14 Å². The van der Waals surface area contributed by atoms with Crippen molar-refractivity contribution < 1.29 is 17.6 Å². The predicted octanol–water partition coefficient (Wildman–Crippen LogP) is 1.11. The molecule has 2 rings (SSSR count). The van der Waals surface area contributed by atoms with E-state index >= 15 is 0 Å². The molecule has 1 amide bonds. The van der Waals surface area contributed by atoms with Crippen molar-refractivity contribution in [1.82, 2.24) is 10.2 Å². The second-order valence-electron chi connectivity index (χ2n) is 5.86. The largest absolute Gasteiger partial charge is 0.468 e. The Morgan fingerprint density at radius 3 is 2.56 bits per heavy atom. The van der Waals surface area contributed by atoms with E-state index in [4.69, 9.17) is 9.56 Å². The standard InChI is InChI=1S/C17H23N3O4S/c1-20(13-15-3-2-12-24-15)11-9-17(21)19-10-8-14-4-6-16(7-5-14)25(18,22)23/h2-7,12H,8-11,13H2,1H3,(H,19,21)(H2,18,22,23). The lowest BCUT2D eigenvalue weighted by molar-refractivity contribution is -0.121. The summed E-state index contributed by atoms with van der Waals surface area (Å²) in [6.45, 7) is 1.79. The van der Waals surface area contributed by atoms with Crippen LogP contribution in [0.3, 0.4) is 0 Å². The lowest BCUT2D eigenvalue weighted by atomic mass is 10.1. The Labute approximate surface area is 147 Å². The molecule has 0 radical (unpaired) electrons. The highest BCUT2D eigenvalue weighted by Crippen LogP contribution is 2.09. The topological polar surface area (TPSA) is 106 Å². The van der Waals surface area contributed by atoms with Gasteiger partial charge in [-0.05, 0) is 43.3 Å². The number of sulfonamides is 1. The van der Waals surface area contributed by atoms with Crippen molar-refractivity contribution in [2.45, 2.75) is 24.3 Å². The monoisotopic (exact) mass is 365 g/mol. The van der Waals surface area contributed by atoms with E-state index in [0.29, 0.717) is 32.5 Å². The Hall–Kier alpha value is -2.16. The highest BCUT2D eigenvalue weighted by atomic mass is 32.2. The van der Waals surface area contributed by atoms with E-state index in [-0.39, 0.29) is 10.8 Å². The number of hydrogen-bond donors (Lipinski definition) is 2. The van der Waals surface area contributed by atoms with Crippen LogP contribution in [0.15, 0.2) is 52.0 Å². The van der Waals surface area contributed by atoms with Crippen molar-refractivity contribution >= 4 is 15.9 Å². The Morgan fingerprint density at radius 2 is 1.96 bits per heavy atom. The molecule has 0 saturated carbocycles. The van der Waals surface area contributed by atoms with Crippen LogP contribution in [0, 0.1) is 0 Å². The van der Waals surface area contributed by atoms with Crippen molar-refractivity contribution in [3.05, 3.63) is 54.0 Å². The summed E-state index contributed by atoms with van der Waals surface area (Å²) in [5.74, 6) is 0.846. The maximum atomic E-state index is 11.9. The number of nitrogens with one attached hydrogen (secondary N) is 1. The molecule has 0 aliphatic heterocycles. The second kappa shape index (κ2) is 8.80. The number of primary sulfonamides is 1. The first-order chi connectivity index (χ1) is 11.8. The van der Waals surface area contributed by atoms with Crippen molar-refractivity contribution in [1.29, 1.82) is 0 Å². The number of benzene rings is 1. The first-order valence-electron chi connectivity index (χ1n) is 7.94. The number of furan rings is 1. The molecule has 136 valence electrons. The zero-order chi connectivity index (χ0) is 18.3. The third-order valence-corrected chi connectivity index (χ3v) is 4.64. The number of amides is 1. The molecule has 8 heteroatoms. The maximum absolute atomic E-state index is 11.9. The summed E-state index contributed by atoms with van der Waals surface area (Å²) in [6.07, 6.45) is 2.66. The molecule has 0 unspecified atom stereocenters. The van der Waals surface area contributed by atoms with E-state index in [1.165, 1.54) is 12.1 Å². The molecule has 3 N–H and O–H groups in total. The number of carbonyl (C=O) groups excluding carboxylic acids is 1. The van der Waals surface area contributed by atoms with Crippen LogP contribution in [0.4, 0.5) is 0 Å². The molecular weight excluding hydrogens is 342 g/mol. The maximum Gasteiger partial charge on any atom is 0.238 e. The van der Waals surface area contributed by atoms with Gasteiger partial charge in [0.05, 0.1) is 17.7 Å². The van der Waals surface area contributed by atoms with Gasteiger partial charge < -0.3 is 9.73 Å². The lowest BCUT2D eigenvalue weighted by Crippen LogP contribution is -2.30. The number of rotatable bonds is 9. The van der Waals surface area contributed by atoms with E-state index in [2.05, 4.69) is 5.32 Å². The summed E-state index contributed by atoms with van der Waals surface area (Å²) >= 11 is 0. The van der Waals surface area contributed by atoms with E-state index in [1.807, 2.05) is 24.1 Å². The Balaban J connectivity index is 1.66. The molecule has 25 heavy (non-hydrogen) atoms.